The second kappa shape index (κ2) is 6.29. The van der Waals surface area contributed by atoms with Crippen molar-refractivity contribution in [1.82, 2.24) is 15.0 Å². The lowest BCUT2D eigenvalue weighted by atomic mass is 10.1. The third kappa shape index (κ3) is 3.41. The first-order valence-corrected chi connectivity index (χ1v) is 6.67. The minimum Gasteiger partial charge on any atom is -0.248 e. The molecule has 4 nitrogen and oxygen atoms in total. The molecule has 2 aromatic rings. The molecule has 0 saturated heterocycles. The number of halogens is 1. The Morgan fingerprint density at radius 2 is 2.00 bits per heavy atom. The lowest BCUT2D eigenvalue weighted by molar-refractivity contribution is 0.469. The Morgan fingerprint density at radius 3 is 2.60 bits per heavy atom. The molecule has 0 fully saturated rings. The van der Waals surface area contributed by atoms with Crippen LogP contribution in [0.4, 0.5) is 4.39 Å². The van der Waals surface area contributed by atoms with Crippen LogP contribution in [0.1, 0.15) is 37.2 Å². The molecule has 1 heterocycles. The lowest BCUT2D eigenvalue weighted by Crippen LogP contribution is -2.08. The summed E-state index contributed by atoms with van der Waals surface area (Å²) in [4.78, 5) is 0. The third-order valence-corrected chi connectivity index (χ3v) is 3.15. The predicted octanol–water partition coefficient (Wildman–Crippen LogP) is 2.93. The fourth-order valence-electron chi connectivity index (χ4n) is 1.95. The van der Waals surface area contributed by atoms with Gasteiger partial charge in [0.1, 0.15) is 11.9 Å². The predicted molar refractivity (Wildman–Crippen MR) is 73.4 cm³/mol. The van der Waals surface area contributed by atoms with E-state index in [0.717, 1.165) is 24.2 Å². The Balaban J connectivity index is 2.22. The molecule has 0 unspecified atom stereocenters. The summed E-state index contributed by atoms with van der Waals surface area (Å²) in [5, 5.41) is 17.1. The highest BCUT2D eigenvalue weighted by Crippen LogP contribution is 2.14. The maximum absolute atomic E-state index is 12.9. The van der Waals surface area contributed by atoms with E-state index in [9.17, 15) is 4.39 Å². The van der Waals surface area contributed by atoms with Crippen LogP contribution in [0.3, 0.4) is 0 Å². The van der Waals surface area contributed by atoms with Gasteiger partial charge in [-0.05, 0) is 30.0 Å². The zero-order valence-corrected chi connectivity index (χ0v) is 11.7. The molecule has 0 bridgehead atoms. The quantitative estimate of drug-likeness (QED) is 0.841. The standard InChI is InChI=1S/C15H17FN4/c1-11(2)7-8-20-15(14(10-17)18-19-20)9-12-3-5-13(16)6-4-12/h3-6,11H,7-9H2,1-2H3. The number of benzene rings is 1. The lowest BCUT2D eigenvalue weighted by Gasteiger charge is -2.08. The van der Waals surface area contributed by atoms with E-state index in [1.54, 1.807) is 16.8 Å². The van der Waals surface area contributed by atoms with E-state index in [-0.39, 0.29) is 5.82 Å². The van der Waals surface area contributed by atoms with Crippen LogP contribution in [0.25, 0.3) is 0 Å². The van der Waals surface area contributed by atoms with Crippen molar-refractivity contribution >= 4 is 0 Å². The molecule has 0 amide bonds. The molecule has 104 valence electrons. The number of aryl methyl sites for hydroxylation is 1. The fourth-order valence-corrected chi connectivity index (χ4v) is 1.95. The van der Waals surface area contributed by atoms with Crippen LogP contribution >= 0.6 is 0 Å². The van der Waals surface area contributed by atoms with E-state index in [1.165, 1.54) is 12.1 Å². The number of aromatic nitrogens is 3. The summed E-state index contributed by atoms with van der Waals surface area (Å²) >= 11 is 0. The number of nitriles is 1. The topological polar surface area (TPSA) is 54.5 Å². The van der Waals surface area contributed by atoms with E-state index >= 15 is 0 Å². The van der Waals surface area contributed by atoms with Crippen LogP contribution in [0, 0.1) is 23.1 Å². The van der Waals surface area contributed by atoms with Gasteiger partial charge in [-0.15, -0.1) is 5.10 Å². The average molecular weight is 272 g/mol. The fraction of sp³-hybridized carbons (Fsp3) is 0.400. The van der Waals surface area contributed by atoms with Crippen LogP contribution in [0.5, 0.6) is 0 Å². The van der Waals surface area contributed by atoms with Crippen molar-refractivity contribution in [3.63, 3.8) is 0 Å². The smallest absolute Gasteiger partial charge is 0.186 e. The molecule has 0 aliphatic heterocycles. The summed E-state index contributed by atoms with van der Waals surface area (Å²) in [5.74, 6) is 0.295. The van der Waals surface area contributed by atoms with E-state index in [1.807, 2.05) is 0 Å². The minimum atomic E-state index is -0.263. The molecule has 2 rings (SSSR count). The summed E-state index contributed by atoms with van der Waals surface area (Å²) < 4.78 is 14.7. The van der Waals surface area contributed by atoms with Gasteiger partial charge in [0.05, 0.1) is 5.69 Å². The largest absolute Gasteiger partial charge is 0.248 e. The van der Waals surface area contributed by atoms with E-state index in [2.05, 4.69) is 30.2 Å². The van der Waals surface area contributed by atoms with Gasteiger partial charge in [-0.25, -0.2) is 9.07 Å². The zero-order valence-electron chi connectivity index (χ0n) is 11.7. The van der Waals surface area contributed by atoms with Gasteiger partial charge in [0.2, 0.25) is 0 Å². The van der Waals surface area contributed by atoms with Crippen molar-refractivity contribution in [2.75, 3.05) is 0 Å². The molecule has 0 radical (unpaired) electrons. The summed E-state index contributed by atoms with van der Waals surface area (Å²) in [6.45, 7) is 5.02. The minimum absolute atomic E-state index is 0.263. The van der Waals surface area contributed by atoms with Crippen molar-refractivity contribution in [3.8, 4) is 6.07 Å². The van der Waals surface area contributed by atoms with E-state index < -0.39 is 0 Å². The third-order valence-electron chi connectivity index (χ3n) is 3.15. The monoisotopic (exact) mass is 272 g/mol. The summed E-state index contributed by atoms with van der Waals surface area (Å²) in [6.07, 6.45) is 1.51. The van der Waals surface area contributed by atoms with Crippen LogP contribution in [0.15, 0.2) is 24.3 Å². The zero-order chi connectivity index (χ0) is 14.5. The van der Waals surface area contributed by atoms with Crippen LogP contribution < -0.4 is 0 Å². The second-order valence-electron chi connectivity index (χ2n) is 5.21. The van der Waals surface area contributed by atoms with E-state index in [0.29, 0.717) is 18.0 Å². The highest BCUT2D eigenvalue weighted by molar-refractivity contribution is 5.30. The molecule has 5 heteroatoms. The summed E-state index contributed by atoms with van der Waals surface area (Å²) in [5.41, 5.74) is 2.08. The molecule has 0 atom stereocenters. The second-order valence-corrected chi connectivity index (χ2v) is 5.21. The molecule has 20 heavy (non-hydrogen) atoms. The Morgan fingerprint density at radius 1 is 1.30 bits per heavy atom. The van der Waals surface area contributed by atoms with Crippen molar-refractivity contribution in [3.05, 3.63) is 47.0 Å². The highest BCUT2D eigenvalue weighted by atomic mass is 19.1. The Bertz CT molecular complexity index is 608. The van der Waals surface area contributed by atoms with Crippen molar-refractivity contribution in [2.45, 2.75) is 33.2 Å². The van der Waals surface area contributed by atoms with E-state index in [4.69, 9.17) is 5.26 Å². The van der Waals surface area contributed by atoms with Gasteiger partial charge in [-0.2, -0.15) is 5.26 Å². The molecule has 0 saturated carbocycles. The summed E-state index contributed by atoms with van der Waals surface area (Å²) in [6, 6.07) is 8.34. The SMILES string of the molecule is CC(C)CCn1nnc(C#N)c1Cc1ccc(F)cc1. The molecule has 0 aliphatic rings. The molecule has 0 N–H and O–H groups in total. The summed E-state index contributed by atoms with van der Waals surface area (Å²) in [7, 11) is 0. The van der Waals surface area contributed by atoms with Crippen molar-refractivity contribution in [2.24, 2.45) is 5.92 Å². The molecule has 1 aromatic carbocycles. The maximum atomic E-state index is 12.9. The van der Waals surface area contributed by atoms with Gasteiger partial charge in [-0.1, -0.05) is 31.2 Å². The molecule has 1 aromatic heterocycles. The Kier molecular flexibility index (Phi) is 4.46. The number of nitrogens with zero attached hydrogens (tertiary/aromatic N) is 4. The Labute approximate surface area is 117 Å². The molecule has 0 aliphatic carbocycles. The van der Waals surface area contributed by atoms with Gasteiger partial charge < -0.3 is 0 Å². The van der Waals surface area contributed by atoms with Gasteiger partial charge in [-0.3, -0.25) is 0 Å². The molecular formula is C15H17FN4. The highest BCUT2D eigenvalue weighted by Gasteiger charge is 2.13. The molecular weight excluding hydrogens is 255 g/mol. The van der Waals surface area contributed by atoms with Crippen LogP contribution in [-0.2, 0) is 13.0 Å². The normalized spacial score (nSPS) is 10.8. The van der Waals surface area contributed by atoms with Crippen LogP contribution in [0.2, 0.25) is 0 Å². The number of hydrogen-bond donors (Lipinski definition) is 0. The van der Waals surface area contributed by atoms with Crippen LogP contribution in [-0.4, -0.2) is 15.0 Å². The van der Waals surface area contributed by atoms with Crippen molar-refractivity contribution in [1.29, 1.82) is 5.26 Å². The maximum Gasteiger partial charge on any atom is 0.186 e. The Hall–Kier alpha value is -2.22. The molecule has 0 spiro atoms. The average Bonchev–Trinajstić information content (AvgIpc) is 2.81. The van der Waals surface area contributed by atoms with Gasteiger partial charge in [0.15, 0.2) is 5.69 Å². The number of rotatable bonds is 5. The van der Waals surface area contributed by atoms with Gasteiger partial charge in [0, 0.05) is 13.0 Å². The van der Waals surface area contributed by atoms with Crippen molar-refractivity contribution < 1.29 is 4.39 Å². The first kappa shape index (κ1) is 14.2. The first-order chi connectivity index (χ1) is 9.60. The van der Waals surface area contributed by atoms with Gasteiger partial charge >= 0.3 is 0 Å². The van der Waals surface area contributed by atoms with Gasteiger partial charge in [0.25, 0.3) is 0 Å². The first-order valence-electron chi connectivity index (χ1n) is 6.67. The number of hydrogen-bond acceptors (Lipinski definition) is 3.